The SMILES string of the molecule is COc1ccc2c(Nc3ccc(Cl)cc3)c(C#N)cnc2c1. The van der Waals surface area contributed by atoms with Crippen LogP contribution in [0, 0.1) is 11.3 Å². The van der Waals surface area contributed by atoms with Gasteiger partial charge in [-0.15, -0.1) is 0 Å². The Morgan fingerprint density at radius 2 is 1.95 bits per heavy atom. The molecule has 0 spiro atoms. The van der Waals surface area contributed by atoms with E-state index in [4.69, 9.17) is 16.3 Å². The number of benzene rings is 2. The Balaban J connectivity index is 2.13. The molecule has 22 heavy (non-hydrogen) atoms. The van der Waals surface area contributed by atoms with Gasteiger partial charge in [0.05, 0.1) is 23.9 Å². The molecule has 0 amide bonds. The van der Waals surface area contributed by atoms with Crippen LogP contribution in [0.2, 0.25) is 5.02 Å². The minimum atomic E-state index is 0.479. The number of nitrogens with zero attached hydrogens (tertiary/aromatic N) is 2. The zero-order valence-corrected chi connectivity index (χ0v) is 12.6. The van der Waals surface area contributed by atoms with Gasteiger partial charge in [-0.25, -0.2) is 0 Å². The van der Waals surface area contributed by atoms with E-state index in [1.807, 2.05) is 30.3 Å². The molecule has 0 aliphatic rings. The molecule has 0 saturated carbocycles. The molecule has 0 unspecified atom stereocenters. The number of ether oxygens (including phenoxy) is 1. The van der Waals surface area contributed by atoms with Crippen molar-refractivity contribution in [3.63, 3.8) is 0 Å². The smallest absolute Gasteiger partial charge is 0.121 e. The summed E-state index contributed by atoms with van der Waals surface area (Å²) in [5, 5.41) is 14.1. The third-order valence-electron chi connectivity index (χ3n) is 3.31. The first-order valence-corrected chi connectivity index (χ1v) is 6.98. The van der Waals surface area contributed by atoms with Crippen molar-refractivity contribution in [1.29, 1.82) is 5.26 Å². The molecule has 0 bridgehead atoms. The molecule has 1 heterocycles. The molecule has 0 aliphatic heterocycles. The van der Waals surface area contributed by atoms with Gasteiger partial charge in [0.15, 0.2) is 0 Å². The summed E-state index contributed by atoms with van der Waals surface area (Å²) in [5.74, 6) is 0.724. The Hall–Kier alpha value is -2.77. The lowest BCUT2D eigenvalue weighted by atomic mass is 10.1. The van der Waals surface area contributed by atoms with Crippen LogP contribution in [-0.2, 0) is 0 Å². The number of hydrogen-bond acceptors (Lipinski definition) is 4. The van der Waals surface area contributed by atoms with Gasteiger partial charge in [0.25, 0.3) is 0 Å². The number of nitrogens with one attached hydrogen (secondary N) is 1. The summed E-state index contributed by atoms with van der Waals surface area (Å²) in [5.41, 5.74) is 2.81. The number of rotatable bonds is 3. The van der Waals surface area contributed by atoms with Crippen LogP contribution in [0.4, 0.5) is 11.4 Å². The molecule has 5 heteroatoms. The van der Waals surface area contributed by atoms with Crippen LogP contribution >= 0.6 is 11.6 Å². The summed E-state index contributed by atoms with van der Waals surface area (Å²) in [4.78, 5) is 4.31. The first-order valence-electron chi connectivity index (χ1n) is 6.60. The van der Waals surface area contributed by atoms with Gasteiger partial charge < -0.3 is 10.1 Å². The predicted octanol–water partition coefficient (Wildman–Crippen LogP) is 4.51. The quantitative estimate of drug-likeness (QED) is 0.773. The summed E-state index contributed by atoms with van der Waals surface area (Å²) in [6.07, 6.45) is 1.56. The summed E-state index contributed by atoms with van der Waals surface area (Å²) < 4.78 is 5.21. The maximum Gasteiger partial charge on any atom is 0.121 e. The van der Waals surface area contributed by atoms with Gasteiger partial charge in [-0.2, -0.15) is 5.26 Å². The molecule has 3 rings (SSSR count). The molecule has 1 N–H and O–H groups in total. The van der Waals surface area contributed by atoms with Crippen molar-refractivity contribution in [2.75, 3.05) is 12.4 Å². The number of pyridine rings is 1. The predicted molar refractivity (Wildman–Crippen MR) is 87.7 cm³/mol. The Kier molecular flexibility index (Phi) is 3.82. The summed E-state index contributed by atoms with van der Waals surface area (Å²) >= 11 is 5.90. The van der Waals surface area contributed by atoms with E-state index in [1.54, 1.807) is 25.4 Å². The Bertz CT molecular complexity index is 869. The number of methoxy groups -OCH3 is 1. The van der Waals surface area contributed by atoms with E-state index in [0.29, 0.717) is 10.6 Å². The second-order valence-corrected chi connectivity index (χ2v) is 5.11. The van der Waals surface area contributed by atoms with Crippen LogP contribution in [-0.4, -0.2) is 12.1 Å². The third-order valence-corrected chi connectivity index (χ3v) is 3.56. The summed E-state index contributed by atoms with van der Waals surface area (Å²) in [6.45, 7) is 0. The molecule has 0 fully saturated rings. The van der Waals surface area contributed by atoms with Crippen molar-refractivity contribution in [1.82, 2.24) is 4.98 Å². The van der Waals surface area contributed by atoms with Crippen LogP contribution < -0.4 is 10.1 Å². The van der Waals surface area contributed by atoms with E-state index in [1.165, 1.54) is 0 Å². The van der Waals surface area contributed by atoms with Gasteiger partial charge >= 0.3 is 0 Å². The van der Waals surface area contributed by atoms with Crippen molar-refractivity contribution >= 4 is 33.9 Å². The minimum Gasteiger partial charge on any atom is -0.497 e. The number of hydrogen-bond donors (Lipinski definition) is 1. The van der Waals surface area contributed by atoms with Crippen molar-refractivity contribution in [3.8, 4) is 11.8 Å². The molecule has 0 aliphatic carbocycles. The first-order chi connectivity index (χ1) is 10.7. The zero-order valence-electron chi connectivity index (χ0n) is 11.8. The largest absolute Gasteiger partial charge is 0.497 e. The number of halogens is 1. The standard InChI is InChI=1S/C17H12ClN3O/c1-22-14-6-7-15-16(8-14)20-10-11(9-19)17(15)21-13-4-2-12(18)3-5-13/h2-8,10H,1H3,(H,20,21). The van der Waals surface area contributed by atoms with Crippen LogP contribution in [0.25, 0.3) is 10.9 Å². The highest BCUT2D eigenvalue weighted by Gasteiger charge is 2.10. The highest BCUT2D eigenvalue weighted by molar-refractivity contribution is 6.30. The van der Waals surface area contributed by atoms with Crippen molar-refractivity contribution in [2.24, 2.45) is 0 Å². The average molecular weight is 310 g/mol. The fraction of sp³-hybridized carbons (Fsp3) is 0.0588. The summed E-state index contributed by atoms with van der Waals surface area (Å²) in [7, 11) is 1.61. The van der Waals surface area contributed by atoms with E-state index < -0.39 is 0 Å². The monoisotopic (exact) mass is 309 g/mol. The Labute approximate surface area is 132 Å². The average Bonchev–Trinajstić information content (AvgIpc) is 2.56. The maximum atomic E-state index is 9.32. The molecule has 108 valence electrons. The van der Waals surface area contributed by atoms with E-state index >= 15 is 0 Å². The molecular formula is C17H12ClN3O. The van der Waals surface area contributed by atoms with Gasteiger partial charge in [0.2, 0.25) is 0 Å². The molecular weight excluding hydrogens is 298 g/mol. The molecule has 3 aromatic rings. The van der Waals surface area contributed by atoms with Gasteiger partial charge in [-0.3, -0.25) is 4.98 Å². The molecule has 1 aromatic heterocycles. The lowest BCUT2D eigenvalue weighted by molar-refractivity contribution is 0.415. The van der Waals surface area contributed by atoms with Gasteiger partial charge in [0.1, 0.15) is 11.8 Å². The fourth-order valence-corrected chi connectivity index (χ4v) is 2.32. The van der Waals surface area contributed by atoms with Gasteiger partial charge in [-0.05, 0) is 36.4 Å². The van der Waals surface area contributed by atoms with E-state index in [-0.39, 0.29) is 0 Å². The van der Waals surface area contributed by atoms with E-state index in [2.05, 4.69) is 16.4 Å². The van der Waals surface area contributed by atoms with Crippen molar-refractivity contribution in [2.45, 2.75) is 0 Å². The number of aromatic nitrogens is 1. The third kappa shape index (κ3) is 2.67. The van der Waals surface area contributed by atoms with Crippen molar-refractivity contribution in [3.05, 3.63) is 59.2 Å². The number of nitriles is 1. The zero-order chi connectivity index (χ0) is 15.5. The molecule has 0 saturated heterocycles. The fourth-order valence-electron chi connectivity index (χ4n) is 2.20. The normalized spacial score (nSPS) is 10.2. The first kappa shape index (κ1) is 14.2. The highest BCUT2D eigenvalue weighted by Crippen LogP contribution is 2.31. The van der Waals surface area contributed by atoms with Crippen LogP contribution in [0.3, 0.4) is 0 Å². The molecule has 0 radical (unpaired) electrons. The Morgan fingerprint density at radius 3 is 2.64 bits per heavy atom. The Morgan fingerprint density at radius 1 is 1.18 bits per heavy atom. The lowest BCUT2D eigenvalue weighted by Gasteiger charge is -2.12. The minimum absolute atomic E-state index is 0.479. The lowest BCUT2D eigenvalue weighted by Crippen LogP contribution is -1.97. The molecule has 0 atom stereocenters. The van der Waals surface area contributed by atoms with E-state index in [0.717, 1.165) is 28.0 Å². The van der Waals surface area contributed by atoms with Gasteiger partial charge in [-0.1, -0.05) is 11.6 Å². The van der Waals surface area contributed by atoms with Crippen LogP contribution in [0.15, 0.2) is 48.7 Å². The topological polar surface area (TPSA) is 57.9 Å². The second-order valence-electron chi connectivity index (χ2n) is 4.67. The number of fused-ring (bicyclic) bond motifs is 1. The second kappa shape index (κ2) is 5.92. The number of anilines is 2. The summed E-state index contributed by atoms with van der Waals surface area (Å²) in [6, 6.07) is 15.0. The van der Waals surface area contributed by atoms with E-state index in [9.17, 15) is 5.26 Å². The molecule has 2 aromatic carbocycles. The highest BCUT2D eigenvalue weighted by atomic mass is 35.5. The molecule has 4 nitrogen and oxygen atoms in total. The maximum absolute atomic E-state index is 9.32. The van der Waals surface area contributed by atoms with Gasteiger partial charge in [0, 0.05) is 28.4 Å². The van der Waals surface area contributed by atoms with Crippen LogP contribution in [0.5, 0.6) is 5.75 Å². The van der Waals surface area contributed by atoms with Crippen LogP contribution in [0.1, 0.15) is 5.56 Å². The van der Waals surface area contributed by atoms with Crippen molar-refractivity contribution < 1.29 is 4.74 Å².